The van der Waals surface area contributed by atoms with Crippen molar-refractivity contribution in [2.45, 2.75) is 36.0 Å². The average molecular weight is 410 g/mol. The Balaban J connectivity index is 1.63. The number of rotatable bonds is 6. The van der Waals surface area contributed by atoms with E-state index in [1.165, 1.54) is 40.8 Å². The molecule has 3 aromatic rings. The molecule has 0 fully saturated rings. The second kappa shape index (κ2) is 8.31. The molecule has 1 heterocycles. The highest BCUT2D eigenvalue weighted by atomic mass is 32.2. The van der Waals surface area contributed by atoms with Gasteiger partial charge in [-0.15, -0.1) is 10.2 Å². The van der Waals surface area contributed by atoms with Crippen molar-refractivity contribution in [3.63, 3.8) is 0 Å². The lowest BCUT2D eigenvalue weighted by molar-refractivity contribution is -0.138. The molecule has 0 amide bonds. The Morgan fingerprint density at radius 3 is 2.41 bits per heavy atom. The molecule has 0 saturated carbocycles. The van der Waals surface area contributed by atoms with Crippen molar-refractivity contribution in [2.75, 3.05) is 5.32 Å². The Bertz CT molecular complexity index is 890. The molecule has 3 nitrogen and oxygen atoms in total. The van der Waals surface area contributed by atoms with E-state index in [1.54, 1.807) is 6.07 Å². The molecule has 0 unspecified atom stereocenters. The van der Waals surface area contributed by atoms with Crippen LogP contribution in [0, 0.1) is 0 Å². The second-order valence-electron chi connectivity index (χ2n) is 6.22. The van der Waals surface area contributed by atoms with Crippen molar-refractivity contribution in [1.82, 2.24) is 10.2 Å². The van der Waals surface area contributed by atoms with Crippen molar-refractivity contribution in [2.24, 2.45) is 0 Å². The highest BCUT2D eigenvalue weighted by Crippen LogP contribution is 2.36. The number of nitrogens with zero attached hydrogens (tertiary/aromatic N) is 2. The molecule has 1 aromatic heterocycles. The van der Waals surface area contributed by atoms with Gasteiger partial charge in [-0.1, -0.05) is 67.3 Å². The van der Waals surface area contributed by atoms with Crippen molar-refractivity contribution >= 4 is 33.9 Å². The Morgan fingerprint density at radius 1 is 1.04 bits per heavy atom. The first-order chi connectivity index (χ1) is 12.8. The van der Waals surface area contributed by atoms with E-state index in [-0.39, 0.29) is 11.3 Å². The number of hydrogen-bond donors (Lipinski definition) is 1. The molecular formula is C19H18F3N3S2. The van der Waals surface area contributed by atoms with E-state index in [1.807, 2.05) is 12.1 Å². The maximum absolute atomic E-state index is 13.1. The minimum atomic E-state index is -4.35. The normalized spacial score (nSPS) is 11.8. The lowest BCUT2D eigenvalue weighted by Crippen LogP contribution is -2.08. The summed E-state index contributed by atoms with van der Waals surface area (Å²) in [6.45, 7) is 4.27. The smallest absolute Gasteiger partial charge is 0.330 e. The standard InChI is InChI=1S/C19H18F3N3S2/c1-12(2)13-7-9-15(10-8-13)23-17-24-25-18(27-17)26-11-14-5-3-4-6-16(14)19(20,21)22/h3-10,12H,11H2,1-2H3,(H,23,24). The van der Waals surface area contributed by atoms with Gasteiger partial charge >= 0.3 is 6.18 Å². The molecule has 0 atom stereocenters. The number of benzene rings is 2. The predicted molar refractivity (Wildman–Crippen MR) is 105 cm³/mol. The van der Waals surface area contributed by atoms with E-state index >= 15 is 0 Å². The van der Waals surface area contributed by atoms with Gasteiger partial charge in [0.25, 0.3) is 0 Å². The van der Waals surface area contributed by atoms with Crippen molar-refractivity contribution in [3.05, 3.63) is 65.2 Å². The predicted octanol–water partition coefficient (Wildman–Crippen LogP) is 6.72. The number of alkyl halides is 3. The van der Waals surface area contributed by atoms with Gasteiger partial charge in [-0.25, -0.2) is 0 Å². The summed E-state index contributed by atoms with van der Waals surface area (Å²) in [5, 5.41) is 11.9. The van der Waals surface area contributed by atoms with E-state index in [0.717, 1.165) is 11.8 Å². The molecular weight excluding hydrogens is 391 g/mol. The SMILES string of the molecule is CC(C)c1ccc(Nc2nnc(SCc3ccccc3C(F)(F)F)s2)cc1. The van der Waals surface area contributed by atoms with Gasteiger partial charge in [0, 0.05) is 11.4 Å². The van der Waals surface area contributed by atoms with Gasteiger partial charge in [0.15, 0.2) is 4.34 Å². The van der Waals surface area contributed by atoms with Crippen LogP contribution in [0.25, 0.3) is 0 Å². The van der Waals surface area contributed by atoms with Gasteiger partial charge in [0.1, 0.15) is 0 Å². The maximum atomic E-state index is 13.1. The van der Waals surface area contributed by atoms with Gasteiger partial charge in [-0.3, -0.25) is 0 Å². The van der Waals surface area contributed by atoms with Gasteiger partial charge in [-0.2, -0.15) is 13.2 Å². The summed E-state index contributed by atoms with van der Waals surface area (Å²) in [6.07, 6.45) is -4.35. The van der Waals surface area contributed by atoms with Gasteiger partial charge < -0.3 is 5.32 Å². The molecule has 27 heavy (non-hydrogen) atoms. The Hall–Kier alpha value is -2.06. The molecule has 0 saturated heterocycles. The molecule has 8 heteroatoms. The number of thioether (sulfide) groups is 1. The zero-order valence-electron chi connectivity index (χ0n) is 14.7. The van der Waals surface area contributed by atoms with Crippen LogP contribution in [-0.4, -0.2) is 10.2 Å². The van der Waals surface area contributed by atoms with Gasteiger partial charge in [0.2, 0.25) is 5.13 Å². The molecule has 0 aliphatic heterocycles. The monoisotopic (exact) mass is 409 g/mol. The quantitative estimate of drug-likeness (QED) is 0.459. The second-order valence-corrected chi connectivity index (χ2v) is 8.42. The average Bonchev–Trinajstić information content (AvgIpc) is 3.07. The lowest BCUT2D eigenvalue weighted by atomic mass is 10.0. The molecule has 142 valence electrons. The van der Waals surface area contributed by atoms with Gasteiger partial charge in [0.05, 0.1) is 5.56 Å². The molecule has 0 bridgehead atoms. The molecule has 0 aliphatic carbocycles. The van der Waals surface area contributed by atoms with E-state index in [9.17, 15) is 13.2 Å². The zero-order chi connectivity index (χ0) is 19.4. The van der Waals surface area contributed by atoms with Crippen LogP contribution in [0.15, 0.2) is 52.9 Å². The van der Waals surface area contributed by atoms with Crippen LogP contribution in [0.3, 0.4) is 0 Å². The summed E-state index contributed by atoms with van der Waals surface area (Å²) in [4.78, 5) is 0. The van der Waals surface area contributed by atoms with Crippen LogP contribution in [0.2, 0.25) is 0 Å². The van der Waals surface area contributed by atoms with Crippen LogP contribution in [0.1, 0.15) is 36.5 Å². The van der Waals surface area contributed by atoms with Crippen molar-refractivity contribution in [3.8, 4) is 0 Å². The summed E-state index contributed by atoms with van der Waals surface area (Å²) in [5.41, 5.74) is 1.78. The largest absolute Gasteiger partial charge is 0.416 e. The fourth-order valence-corrected chi connectivity index (χ4v) is 4.23. The third-order valence-corrected chi connectivity index (χ3v) is 5.93. The van der Waals surface area contributed by atoms with E-state index in [2.05, 4.69) is 41.5 Å². The Morgan fingerprint density at radius 2 is 1.74 bits per heavy atom. The van der Waals surface area contributed by atoms with Crippen LogP contribution in [-0.2, 0) is 11.9 Å². The fraction of sp³-hybridized carbons (Fsp3) is 0.263. The number of nitrogens with one attached hydrogen (secondary N) is 1. The number of halogens is 3. The zero-order valence-corrected chi connectivity index (χ0v) is 16.4. The summed E-state index contributed by atoms with van der Waals surface area (Å²) in [6, 6.07) is 13.7. The number of aromatic nitrogens is 2. The highest BCUT2D eigenvalue weighted by molar-refractivity contribution is 8.00. The Kier molecular flexibility index (Phi) is 6.06. The first-order valence-electron chi connectivity index (χ1n) is 8.31. The summed E-state index contributed by atoms with van der Waals surface area (Å²) in [5.74, 6) is 0.649. The molecule has 0 aliphatic rings. The van der Waals surface area contributed by atoms with Crippen LogP contribution in [0.5, 0.6) is 0 Å². The van der Waals surface area contributed by atoms with Crippen LogP contribution in [0.4, 0.5) is 24.0 Å². The summed E-state index contributed by atoms with van der Waals surface area (Å²) in [7, 11) is 0. The molecule has 1 N–H and O–H groups in total. The molecule has 0 radical (unpaired) electrons. The van der Waals surface area contributed by atoms with E-state index < -0.39 is 11.7 Å². The lowest BCUT2D eigenvalue weighted by Gasteiger charge is -2.11. The molecule has 0 spiro atoms. The minimum Gasteiger partial charge on any atom is -0.330 e. The summed E-state index contributed by atoms with van der Waals surface area (Å²) >= 11 is 2.57. The first kappa shape index (κ1) is 19.7. The molecule has 2 aromatic carbocycles. The number of hydrogen-bond acceptors (Lipinski definition) is 5. The Labute approximate surface area is 164 Å². The number of anilines is 2. The highest BCUT2D eigenvalue weighted by Gasteiger charge is 2.32. The topological polar surface area (TPSA) is 37.8 Å². The third-order valence-electron chi connectivity index (χ3n) is 3.91. The minimum absolute atomic E-state index is 0.188. The van der Waals surface area contributed by atoms with E-state index in [0.29, 0.717) is 15.4 Å². The van der Waals surface area contributed by atoms with Crippen LogP contribution >= 0.6 is 23.1 Å². The molecule has 3 rings (SSSR count). The summed E-state index contributed by atoms with van der Waals surface area (Å²) < 4.78 is 39.8. The third kappa shape index (κ3) is 5.23. The fourth-order valence-electron chi connectivity index (χ4n) is 2.46. The van der Waals surface area contributed by atoms with Gasteiger partial charge in [-0.05, 0) is 35.2 Å². The maximum Gasteiger partial charge on any atom is 0.416 e. The van der Waals surface area contributed by atoms with Crippen molar-refractivity contribution in [1.29, 1.82) is 0 Å². The van der Waals surface area contributed by atoms with Crippen molar-refractivity contribution < 1.29 is 13.2 Å². The first-order valence-corrected chi connectivity index (χ1v) is 10.1. The van der Waals surface area contributed by atoms with Crippen LogP contribution < -0.4 is 5.32 Å². The van der Waals surface area contributed by atoms with E-state index in [4.69, 9.17) is 0 Å².